The fraction of sp³-hybridized carbons (Fsp3) is 0.909. The summed E-state index contributed by atoms with van der Waals surface area (Å²) >= 11 is 5.81. The monoisotopic (exact) mass is 233 g/mol. The van der Waals surface area contributed by atoms with Gasteiger partial charge in [0.05, 0.1) is 18.6 Å². The SMILES string of the molecule is CC(Cl)CCCNC(=O)C1COC(C)C1. The van der Waals surface area contributed by atoms with Crippen LogP contribution in [0.1, 0.15) is 33.1 Å². The van der Waals surface area contributed by atoms with E-state index in [2.05, 4.69) is 5.32 Å². The summed E-state index contributed by atoms with van der Waals surface area (Å²) in [7, 11) is 0. The highest BCUT2D eigenvalue weighted by Gasteiger charge is 2.27. The molecule has 15 heavy (non-hydrogen) atoms. The maximum Gasteiger partial charge on any atom is 0.225 e. The van der Waals surface area contributed by atoms with Crippen LogP contribution in [0.2, 0.25) is 0 Å². The summed E-state index contributed by atoms with van der Waals surface area (Å²) in [5, 5.41) is 3.11. The van der Waals surface area contributed by atoms with Crippen LogP contribution in [0.4, 0.5) is 0 Å². The summed E-state index contributed by atoms with van der Waals surface area (Å²) in [5.41, 5.74) is 0. The van der Waals surface area contributed by atoms with Crippen LogP contribution in [-0.4, -0.2) is 30.5 Å². The van der Waals surface area contributed by atoms with Gasteiger partial charge in [0.25, 0.3) is 0 Å². The minimum Gasteiger partial charge on any atom is -0.378 e. The smallest absolute Gasteiger partial charge is 0.225 e. The Kier molecular flexibility index (Phi) is 5.40. The molecule has 3 unspecified atom stereocenters. The van der Waals surface area contributed by atoms with E-state index in [0.717, 1.165) is 25.8 Å². The molecule has 1 fully saturated rings. The second kappa shape index (κ2) is 6.33. The third-order valence-corrected chi connectivity index (χ3v) is 2.87. The Morgan fingerprint density at radius 1 is 1.67 bits per heavy atom. The lowest BCUT2D eigenvalue weighted by Crippen LogP contribution is -2.31. The van der Waals surface area contributed by atoms with E-state index in [0.29, 0.717) is 6.61 Å². The van der Waals surface area contributed by atoms with Crippen molar-refractivity contribution in [3.05, 3.63) is 0 Å². The Morgan fingerprint density at radius 3 is 2.93 bits per heavy atom. The van der Waals surface area contributed by atoms with Crippen molar-refractivity contribution < 1.29 is 9.53 Å². The van der Waals surface area contributed by atoms with Gasteiger partial charge in [-0.15, -0.1) is 11.6 Å². The zero-order chi connectivity index (χ0) is 11.3. The van der Waals surface area contributed by atoms with Crippen molar-refractivity contribution in [2.24, 2.45) is 5.92 Å². The molecule has 3 nitrogen and oxygen atoms in total. The molecule has 0 aromatic carbocycles. The molecule has 1 heterocycles. The average Bonchev–Trinajstić information content (AvgIpc) is 2.59. The first-order chi connectivity index (χ1) is 7.09. The van der Waals surface area contributed by atoms with E-state index in [1.54, 1.807) is 0 Å². The molecular formula is C11H20ClNO2. The van der Waals surface area contributed by atoms with Crippen LogP contribution in [0.5, 0.6) is 0 Å². The molecule has 1 rings (SSSR count). The number of rotatable bonds is 5. The molecule has 88 valence electrons. The van der Waals surface area contributed by atoms with E-state index in [-0.39, 0.29) is 23.3 Å². The first-order valence-electron chi connectivity index (χ1n) is 5.63. The van der Waals surface area contributed by atoms with Crippen molar-refractivity contribution in [1.29, 1.82) is 0 Å². The minimum absolute atomic E-state index is 0.0495. The summed E-state index contributed by atoms with van der Waals surface area (Å²) in [5.74, 6) is 0.176. The first-order valence-corrected chi connectivity index (χ1v) is 6.06. The molecular weight excluding hydrogens is 214 g/mol. The number of halogens is 1. The molecule has 1 aliphatic rings. The van der Waals surface area contributed by atoms with Gasteiger partial charge in [0.15, 0.2) is 0 Å². The molecule has 0 aromatic heterocycles. The minimum atomic E-state index is 0.0495. The van der Waals surface area contributed by atoms with Crippen LogP contribution >= 0.6 is 11.6 Å². The molecule has 4 heteroatoms. The maximum atomic E-state index is 11.6. The number of carbonyl (C=O) groups is 1. The molecule has 0 bridgehead atoms. The molecule has 0 aliphatic carbocycles. The zero-order valence-electron chi connectivity index (χ0n) is 9.46. The fourth-order valence-corrected chi connectivity index (χ4v) is 1.89. The molecule has 3 atom stereocenters. The van der Waals surface area contributed by atoms with Gasteiger partial charge in [-0.3, -0.25) is 4.79 Å². The van der Waals surface area contributed by atoms with Gasteiger partial charge in [-0.05, 0) is 33.1 Å². The van der Waals surface area contributed by atoms with Gasteiger partial charge in [0.2, 0.25) is 5.91 Å². The predicted octanol–water partition coefficient (Wildman–Crippen LogP) is 1.94. The summed E-state index contributed by atoms with van der Waals surface area (Å²) in [4.78, 5) is 11.6. The number of hydrogen-bond donors (Lipinski definition) is 1. The highest BCUT2D eigenvalue weighted by molar-refractivity contribution is 6.20. The molecule has 0 saturated carbocycles. The largest absolute Gasteiger partial charge is 0.378 e. The standard InChI is InChI=1S/C11H20ClNO2/c1-8(12)4-3-5-13-11(14)10-6-9(2)15-7-10/h8-10H,3-7H2,1-2H3,(H,13,14). The number of carbonyl (C=O) groups excluding carboxylic acids is 1. The highest BCUT2D eigenvalue weighted by atomic mass is 35.5. The Labute approximate surface area is 96.5 Å². The van der Waals surface area contributed by atoms with Gasteiger partial charge < -0.3 is 10.1 Å². The molecule has 0 spiro atoms. The molecule has 1 N–H and O–H groups in total. The van der Waals surface area contributed by atoms with E-state index in [1.165, 1.54) is 0 Å². The first kappa shape index (κ1) is 12.8. The third-order valence-electron chi connectivity index (χ3n) is 2.65. The number of alkyl halides is 1. The zero-order valence-corrected chi connectivity index (χ0v) is 10.2. The van der Waals surface area contributed by atoms with Gasteiger partial charge in [-0.1, -0.05) is 0 Å². The molecule has 0 aromatic rings. The van der Waals surface area contributed by atoms with Crippen LogP contribution in [0.15, 0.2) is 0 Å². The average molecular weight is 234 g/mol. The highest BCUT2D eigenvalue weighted by Crippen LogP contribution is 2.18. The van der Waals surface area contributed by atoms with Gasteiger partial charge in [0, 0.05) is 11.9 Å². The topological polar surface area (TPSA) is 38.3 Å². The van der Waals surface area contributed by atoms with E-state index < -0.39 is 0 Å². The van der Waals surface area contributed by atoms with Crippen LogP contribution in [0.25, 0.3) is 0 Å². The Balaban J connectivity index is 2.08. The maximum absolute atomic E-state index is 11.6. The van der Waals surface area contributed by atoms with Gasteiger partial charge in [0.1, 0.15) is 0 Å². The number of nitrogens with one attached hydrogen (secondary N) is 1. The summed E-state index contributed by atoms with van der Waals surface area (Å²) in [6.07, 6.45) is 2.96. The van der Waals surface area contributed by atoms with Crippen molar-refractivity contribution in [2.45, 2.75) is 44.6 Å². The van der Waals surface area contributed by atoms with Crippen molar-refractivity contribution >= 4 is 17.5 Å². The van der Waals surface area contributed by atoms with Crippen LogP contribution < -0.4 is 5.32 Å². The van der Waals surface area contributed by atoms with Gasteiger partial charge >= 0.3 is 0 Å². The second-order valence-electron chi connectivity index (χ2n) is 4.29. The second-order valence-corrected chi connectivity index (χ2v) is 5.04. The van der Waals surface area contributed by atoms with Gasteiger partial charge in [-0.25, -0.2) is 0 Å². The predicted molar refractivity (Wildman–Crippen MR) is 61.1 cm³/mol. The Morgan fingerprint density at radius 2 is 2.40 bits per heavy atom. The normalized spacial score (nSPS) is 27.7. The van der Waals surface area contributed by atoms with Gasteiger partial charge in [-0.2, -0.15) is 0 Å². The number of amides is 1. The quantitative estimate of drug-likeness (QED) is 0.582. The lowest BCUT2D eigenvalue weighted by atomic mass is 10.1. The van der Waals surface area contributed by atoms with Crippen LogP contribution in [0, 0.1) is 5.92 Å². The van der Waals surface area contributed by atoms with E-state index >= 15 is 0 Å². The van der Waals surface area contributed by atoms with Crippen LogP contribution in [-0.2, 0) is 9.53 Å². The summed E-state index contributed by atoms with van der Waals surface area (Å²) in [6, 6.07) is 0. The number of hydrogen-bond acceptors (Lipinski definition) is 2. The summed E-state index contributed by atoms with van der Waals surface area (Å²) < 4.78 is 5.35. The molecule has 1 amide bonds. The fourth-order valence-electron chi connectivity index (χ4n) is 1.74. The molecule has 1 saturated heterocycles. The molecule has 0 radical (unpaired) electrons. The van der Waals surface area contributed by atoms with Crippen molar-refractivity contribution in [2.75, 3.05) is 13.2 Å². The van der Waals surface area contributed by atoms with E-state index in [9.17, 15) is 4.79 Å². The Bertz CT molecular complexity index is 209. The van der Waals surface area contributed by atoms with E-state index in [1.807, 2.05) is 13.8 Å². The Hall–Kier alpha value is -0.280. The van der Waals surface area contributed by atoms with Crippen LogP contribution in [0.3, 0.4) is 0 Å². The van der Waals surface area contributed by atoms with Crippen molar-refractivity contribution in [3.63, 3.8) is 0 Å². The third kappa shape index (κ3) is 4.85. The lowest BCUT2D eigenvalue weighted by molar-refractivity contribution is -0.124. The molecule has 1 aliphatic heterocycles. The van der Waals surface area contributed by atoms with Crippen molar-refractivity contribution in [1.82, 2.24) is 5.32 Å². The van der Waals surface area contributed by atoms with E-state index in [4.69, 9.17) is 16.3 Å². The number of ether oxygens (including phenoxy) is 1. The van der Waals surface area contributed by atoms with Crippen molar-refractivity contribution in [3.8, 4) is 0 Å². The lowest BCUT2D eigenvalue weighted by Gasteiger charge is -2.09. The summed E-state index contributed by atoms with van der Waals surface area (Å²) in [6.45, 7) is 5.26.